The zero-order chi connectivity index (χ0) is 12.0. The molecule has 0 fully saturated rings. The van der Waals surface area contributed by atoms with E-state index in [1.807, 2.05) is 0 Å². The van der Waals surface area contributed by atoms with E-state index >= 15 is 0 Å². The molecule has 0 unspecified atom stereocenters. The van der Waals surface area contributed by atoms with Gasteiger partial charge in [-0.05, 0) is 19.1 Å². The number of esters is 1. The monoisotopic (exact) mass is 227 g/mol. The molecule has 1 aromatic rings. The average Bonchev–Trinajstić information content (AvgIpc) is 2.67. The smallest absolute Gasteiger partial charge is 0.371 e. The molecule has 0 amide bonds. The van der Waals surface area contributed by atoms with E-state index < -0.39 is 5.97 Å². The molecule has 16 heavy (non-hydrogen) atoms. The normalized spacial score (nSPS) is 10.1. The van der Waals surface area contributed by atoms with Crippen molar-refractivity contribution >= 4 is 11.9 Å². The number of carbonyl (C=O) groups excluding carboxylic acids is 1. The predicted octanol–water partition coefficient (Wildman–Crippen LogP) is 0.630. The highest BCUT2D eigenvalue weighted by atomic mass is 16.5. The fourth-order valence-electron chi connectivity index (χ4n) is 1.09. The van der Waals surface area contributed by atoms with Crippen LogP contribution in [-0.4, -0.2) is 30.2 Å². The van der Waals surface area contributed by atoms with E-state index in [4.69, 9.17) is 14.3 Å². The molecule has 88 valence electrons. The minimum absolute atomic E-state index is 0.0664. The molecule has 0 aliphatic heterocycles. The number of carboxylic acid groups (broad SMARTS) is 1. The SMILES string of the molecule is CCOC(=O)CNCc1ccc(C(=O)O)o1. The number of aromatic carboxylic acids is 1. The zero-order valence-corrected chi connectivity index (χ0v) is 8.86. The first-order valence-corrected chi connectivity index (χ1v) is 4.81. The summed E-state index contributed by atoms with van der Waals surface area (Å²) in [6.07, 6.45) is 0. The van der Waals surface area contributed by atoms with Crippen molar-refractivity contribution in [2.75, 3.05) is 13.2 Å². The van der Waals surface area contributed by atoms with Gasteiger partial charge in [0.15, 0.2) is 0 Å². The molecule has 1 heterocycles. The van der Waals surface area contributed by atoms with Gasteiger partial charge in [0.1, 0.15) is 5.76 Å². The second-order valence-electron chi connectivity index (χ2n) is 2.98. The number of nitrogens with one attached hydrogen (secondary N) is 1. The number of hydrogen-bond donors (Lipinski definition) is 2. The van der Waals surface area contributed by atoms with Crippen LogP contribution in [0.2, 0.25) is 0 Å². The van der Waals surface area contributed by atoms with Gasteiger partial charge in [0.05, 0.1) is 19.7 Å². The number of carbonyl (C=O) groups is 2. The van der Waals surface area contributed by atoms with Crippen molar-refractivity contribution in [2.45, 2.75) is 13.5 Å². The number of carboxylic acids is 1. The van der Waals surface area contributed by atoms with Crippen molar-refractivity contribution in [3.05, 3.63) is 23.7 Å². The van der Waals surface area contributed by atoms with Gasteiger partial charge in [-0.25, -0.2) is 4.79 Å². The van der Waals surface area contributed by atoms with Gasteiger partial charge in [0.2, 0.25) is 5.76 Å². The van der Waals surface area contributed by atoms with Crippen LogP contribution in [0.4, 0.5) is 0 Å². The maximum Gasteiger partial charge on any atom is 0.371 e. The fraction of sp³-hybridized carbons (Fsp3) is 0.400. The van der Waals surface area contributed by atoms with Crippen LogP contribution in [0.15, 0.2) is 16.5 Å². The standard InChI is InChI=1S/C10H13NO5/c1-2-15-9(12)6-11-5-7-3-4-8(16-7)10(13)14/h3-4,11H,2,5-6H2,1H3,(H,13,14). The Kier molecular flexibility index (Phi) is 4.53. The summed E-state index contributed by atoms with van der Waals surface area (Å²) >= 11 is 0. The largest absolute Gasteiger partial charge is 0.475 e. The Morgan fingerprint density at radius 1 is 1.50 bits per heavy atom. The van der Waals surface area contributed by atoms with Crippen LogP contribution in [0.5, 0.6) is 0 Å². The molecule has 0 bridgehead atoms. The lowest BCUT2D eigenvalue weighted by atomic mass is 10.4. The molecule has 1 rings (SSSR count). The predicted molar refractivity (Wildman–Crippen MR) is 54.0 cm³/mol. The minimum Gasteiger partial charge on any atom is -0.475 e. The van der Waals surface area contributed by atoms with E-state index in [-0.39, 0.29) is 24.8 Å². The van der Waals surface area contributed by atoms with Crippen LogP contribution in [0.1, 0.15) is 23.2 Å². The summed E-state index contributed by atoms with van der Waals surface area (Å²) in [6.45, 7) is 2.41. The zero-order valence-electron chi connectivity index (χ0n) is 8.86. The molecule has 0 aliphatic carbocycles. The number of ether oxygens (including phenoxy) is 1. The van der Waals surface area contributed by atoms with Crippen LogP contribution in [0.25, 0.3) is 0 Å². The lowest BCUT2D eigenvalue weighted by molar-refractivity contribution is -0.142. The topological polar surface area (TPSA) is 88.8 Å². The van der Waals surface area contributed by atoms with Gasteiger partial charge in [-0.2, -0.15) is 0 Å². The molecule has 6 heteroatoms. The molecule has 6 nitrogen and oxygen atoms in total. The molecule has 2 N–H and O–H groups in total. The van der Waals surface area contributed by atoms with Gasteiger partial charge in [0.25, 0.3) is 0 Å². The number of hydrogen-bond acceptors (Lipinski definition) is 5. The Morgan fingerprint density at radius 3 is 2.81 bits per heavy atom. The lowest BCUT2D eigenvalue weighted by Crippen LogP contribution is -2.24. The Bertz CT molecular complexity index is 371. The Morgan fingerprint density at radius 2 is 2.25 bits per heavy atom. The van der Waals surface area contributed by atoms with Crippen molar-refractivity contribution < 1.29 is 23.8 Å². The van der Waals surface area contributed by atoms with Crippen LogP contribution >= 0.6 is 0 Å². The molecule has 0 radical (unpaired) electrons. The van der Waals surface area contributed by atoms with Crippen LogP contribution in [-0.2, 0) is 16.1 Å². The second kappa shape index (κ2) is 5.92. The van der Waals surface area contributed by atoms with Crippen molar-refractivity contribution in [3.63, 3.8) is 0 Å². The summed E-state index contributed by atoms with van der Waals surface area (Å²) in [5.41, 5.74) is 0. The van der Waals surface area contributed by atoms with Gasteiger partial charge in [0, 0.05) is 0 Å². The first-order chi connectivity index (χ1) is 7.63. The van der Waals surface area contributed by atoms with Gasteiger partial charge in [-0.15, -0.1) is 0 Å². The summed E-state index contributed by atoms with van der Waals surface area (Å²) in [7, 11) is 0. The Hall–Kier alpha value is -1.82. The maximum absolute atomic E-state index is 10.9. The average molecular weight is 227 g/mol. The second-order valence-corrected chi connectivity index (χ2v) is 2.98. The van der Waals surface area contributed by atoms with Gasteiger partial charge < -0.3 is 14.3 Å². The van der Waals surface area contributed by atoms with Crippen molar-refractivity contribution in [2.24, 2.45) is 0 Å². The third-order valence-corrected chi connectivity index (χ3v) is 1.75. The third kappa shape index (κ3) is 3.74. The van der Waals surface area contributed by atoms with E-state index in [0.29, 0.717) is 12.4 Å². The summed E-state index contributed by atoms with van der Waals surface area (Å²) < 4.78 is 9.67. The molecular formula is C10H13NO5. The van der Waals surface area contributed by atoms with E-state index in [1.54, 1.807) is 13.0 Å². The first kappa shape index (κ1) is 12.3. The Balaban J connectivity index is 2.32. The highest BCUT2D eigenvalue weighted by Crippen LogP contribution is 2.06. The fourth-order valence-corrected chi connectivity index (χ4v) is 1.09. The molecule has 0 aromatic carbocycles. The van der Waals surface area contributed by atoms with Gasteiger partial charge in [-0.1, -0.05) is 0 Å². The molecule has 0 saturated carbocycles. The Labute approximate surface area is 92.2 Å². The van der Waals surface area contributed by atoms with Crippen molar-refractivity contribution in [1.29, 1.82) is 0 Å². The van der Waals surface area contributed by atoms with E-state index in [9.17, 15) is 9.59 Å². The molecular weight excluding hydrogens is 214 g/mol. The summed E-state index contributed by atoms with van der Waals surface area (Å²) in [5, 5.41) is 11.4. The lowest BCUT2D eigenvalue weighted by Gasteiger charge is -2.02. The van der Waals surface area contributed by atoms with E-state index in [1.165, 1.54) is 6.07 Å². The van der Waals surface area contributed by atoms with Crippen molar-refractivity contribution in [3.8, 4) is 0 Å². The van der Waals surface area contributed by atoms with Crippen LogP contribution < -0.4 is 5.32 Å². The van der Waals surface area contributed by atoms with E-state index in [0.717, 1.165) is 0 Å². The van der Waals surface area contributed by atoms with Crippen LogP contribution in [0, 0.1) is 0 Å². The minimum atomic E-state index is -1.11. The number of rotatable bonds is 6. The summed E-state index contributed by atoms with van der Waals surface area (Å²) in [5.74, 6) is -1.13. The van der Waals surface area contributed by atoms with E-state index in [2.05, 4.69) is 5.32 Å². The number of furan rings is 1. The molecule has 0 saturated heterocycles. The molecule has 1 aromatic heterocycles. The maximum atomic E-state index is 10.9. The summed E-state index contributed by atoms with van der Waals surface area (Å²) in [4.78, 5) is 21.4. The van der Waals surface area contributed by atoms with Crippen molar-refractivity contribution in [1.82, 2.24) is 5.32 Å². The first-order valence-electron chi connectivity index (χ1n) is 4.81. The molecule has 0 spiro atoms. The van der Waals surface area contributed by atoms with Crippen LogP contribution in [0.3, 0.4) is 0 Å². The van der Waals surface area contributed by atoms with Gasteiger partial charge >= 0.3 is 11.9 Å². The quantitative estimate of drug-likeness (QED) is 0.693. The van der Waals surface area contributed by atoms with Gasteiger partial charge in [-0.3, -0.25) is 10.1 Å². The molecule has 0 atom stereocenters. The highest BCUT2D eigenvalue weighted by molar-refractivity contribution is 5.84. The third-order valence-electron chi connectivity index (χ3n) is 1.75. The highest BCUT2D eigenvalue weighted by Gasteiger charge is 2.08. The molecule has 0 aliphatic rings. The summed E-state index contributed by atoms with van der Waals surface area (Å²) in [6, 6.07) is 2.91.